The third-order valence-corrected chi connectivity index (χ3v) is 4.41. The maximum atomic E-state index is 2.45. The first kappa shape index (κ1) is 9.05. The molecule has 0 heterocycles. The van der Waals surface area contributed by atoms with Crippen molar-refractivity contribution in [3.05, 3.63) is 23.8 Å². The zero-order valence-corrected chi connectivity index (χ0v) is 9.06. The first-order chi connectivity index (χ1) is 6.06. The Balaban J connectivity index is 2.40. The van der Waals surface area contributed by atoms with Gasteiger partial charge in [0, 0.05) is 0 Å². The third kappa shape index (κ3) is 1.19. The highest BCUT2D eigenvalue weighted by atomic mass is 14.5. The van der Waals surface area contributed by atoms with E-state index in [2.05, 4.69) is 39.0 Å². The van der Waals surface area contributed by atoms with Gasteiger partial charge < -0.3 is 0 Å². The Hall–Kier alpha value is -0.520. The maximum Gasteiger partial charge on any atom is -0.00276 e. The molecule has 1 fully saturated rings. The molecule has 0 amide bonds. The Morgan fingerprint density at radius 3 is 2.69 bits per heavy atom. The molecule has 1 unspecified atom stereocenters. The molecule has 0 aromatic rings. The lowest BCUT2D eigenvalue weighted by Gasteiger charge is -2.50. The van der Waals surface area contributed by atoms with Gasteiger partial charge in [-0.25, -0.2) is 0 Å². The van der Waals surface area contributed by atoms with Crippen molar-refractivity contribution in [3.8, 4) is 0 Å². The van der Waals surface area contributed by atoms with Crippen LogP contribution >= 0.6 is 0 Å². The summed E-state index contributed by atoms with van der Waals surface area (Å²) in [5.41, 5.74) is 2.62. The van der Waals surface area contributed by atoms with Gasteiger partial charge in [0.2, 0.25) is 0 Å². The average Bonchev–Trinajstić information content (AvgIpc) is 2.06. The van der Waals surface area contributed by atoms with E-state index in [9.17, 15) is 0 Å². The van der Waals surface area contributed by atoms with Crippen molar-refractivity contribution >= 4 is 0 Å². The van der Waals surface area contributed by atoms with Gasteiger partial charge in [-0.3, -0.25) is 0 Å². The first-order valence-electron chi connectivity index (χ1n) is 5.42. The summed E-state index contributed by atoms with van der Waals surface area (Å²) in [4.78, 5) is 0. The monoisotopic (exact) mass is 176 g/mol. The normalized spacial score (nSPS) is 36.7. The van der Waals surface area contributed by atoms with Crippen LogP contribution in [0.5, 0.6) is 0 Å². The minimum absolute atomic E-state index is 0.444. The molecule has 13 heavy (non-hydrogen) atoms. The number of hydrogen-bond acceptors (Lipinski definition) is 0. The van der Waals surface area contributed by atoms with Gasteiger partial charge >= 0.3 is 0 Å². The molecule has 0 heteroatoms. The van der Waals surface area contributed by atoms with Crippen molar-refractivity contribution in [1.29, 1.82) is 0 Å². The Morgan fingerprint density at radius 1 is 1.23 bits per heavy atom. The van der Waals surface area contributed by atoms with Crippen LogP contribution in [0.2, 0.25) is 0 Å². The quantitative estimate of drug-likeness (QED) is 0.521. The van der Waals surface area contributed by atoms with E-state index in [-0.39, 0.29) is 0 Å². The number of allylic oxidation sites excluding steroid dienone is 4. The van der Waals surface area contributed by atoms with E-state index < -0.39 is 0 Å². The molecule has 0 saturated heterocycles. The Kier molecular flexibility index (Phi) is 1.90. The molecule has 0 nitrogen and oxygen atoms in total. The Morgan fingerprint density at radius 2 is 2.00 bits per heavy atom. The fourth-order valence-corrected chi connectivity index (χ4v) is 2.87. The predicted molar refractivity (Wildman–Crippen MR) is 57.6 cm³/mol. The van der Waals surface area contributed by atoms with Gasteiger partial charge in [0.1, 0.15) is 0 Å². The highest BCUT2D eigenvalue weighted by Crippen LogP contribution is 2.56. The SMILES string of the molecule is CC1(C)CCCC2=CC=CCC21C. The molecule has 1 saturated carbocycles. The second kappa shape index (κ2) is 2.73. The summed E-state index contributed by atoms with van der Waals surface area (Å²) in [7, 11) is 0. The summed E-state index contributed by atoms with van der Waals surface area (Å²) >= 11 is 0. The molecule has 2 aliphatic carbocycles. The molecule has 1 atom stereocenters. The van der Waals surface area contributed by atoms with E-state index in [4.69, 9.17) is 0 Å². The molecule has 0 radical (unpaired) electrons. The molecule has 0 aromatic carbocycles. The fraction of sp³-hybridized carbons (Fsp3) is 0.692. The van der Waals surface area contributed by atoms with Crippen molar-refractivity contribution in [2.24, 2.45) is 10.8 Å². The lowest BCUT2D eigenvalue weighted by atomic mass is 9.54. The summed E-state index contributed by atoms with van der Waals surface area (Å²) < 4.78 is 0. The zero-order chi connectivity index (χ0) is 9.53. The Labute approximate surface area is 81.7 Å². The molecule has 2 rings (SSSR count). The summed E-state index contributed by atoms with van der Waals surface area (Å²) in [6, 6.07) is 0. The van der Waals surface area contributed by atoms with Crippen LogP contribution < -0.4 is 0 Å². The summed E-state index contributed by atoms with van der Waals surface area (Å²) in [6.07, 6.45) is 12.2. The first-order valence-corrected chi connectivity index (χ1v) is 5.42. The number of fused-ring (bicyclic) bond motifs is 1. The van der Waals surface area contributed by atoms with Gasteiger partial charge in [0.25, 0.3) is 0 Å². The van der Waals surface area contributed by atoms with Crippen molar-refractivity contribution in [3.63, 3.8) is 0 Å². The molecule has 0 spiro atoms. The fourth-order valence-electron chi connectivity index (χ4n) is 2.87. The van der Waals surface area contributed by atoms with Crippen molar-refractivity contribution in [2.45, 2.75) is 46.5 Å². The van der Waals surface area contributed by atoms with Gasteiger partial charge in [0.15, 0.2) is 0 Å². The zero-order valence-electron chi connectivity index (χ0n) is 9.06. The highest BCUT2D eigenvalue weighted by Gasteiger charge is 2.45. The second-order valence-electron chi connectivity index (χ2n) is 5.39. The maximum absolute atomic E-state index is 2.45. The summed E-state index contributed by atoms with van der Waals surface area (Å²) in [5, 5.41) is 0. The van der Waals surface area contributed by atoms with Crippen LogP contribution in [0, 0.1) is 10.8 Å². The van der Waals surface area contributed by atoms with E-state index >= 15 is 0 Å². The van der Waals surface area contributed by atoms with Crippen LogP contribution in [-0.2, 0) is 0 Å². The molecule has 0 N–H and O–H groups in total. The lowest BCUT2D eigenvalue weighted by Crippen LogP contribution is -2.40. The third-order valence-electron chi connectivity index (χ3n) is 4.41. The van der Waals surface area contributed by atoms with E-state index in [1.54, 1.807) is 5.57 Å². The molecule has 0 aromatic heterocycles. The van der Waals surface area contributed by atoms with Crippen LogP contribution in [0.4, 0.5) is 0 Å². The van der Waals surface area contributed by atoms with Gasteiger partial charge in [-0.15, -0.1) is 0 Å². The standard InChI is InChI=1S/C13H20/c1-12(2)9-6-8-11-7-4-5-10-13(11,12)3/h4-5,7H,6,8-10H2,1-3H3. The van der Waals surface area contributed by atoms with Crippen molar-refractivity contribution in [1.82, 2.24) is 0 Å². The molecule has 0 bridgehead atoms. The number of rotatable bonds is 0. The lowest BCUT2D eigenvalue weighted by molar-refractivity contribution is 0.0883. The topological polar surface area (TPSA) is 0 Å². The van der Waals surface area contributed by atoms with Crippen molar-refractivity contribution < 1.29 is 0 Å². The van der Waals surface area contributed by atoms with Crippen molar-refractivity contribution in [2.75, 3.05) is 0 Å². The van der Waals surface area contributed by atoms with Crippen LogP contribution in [0.25, 0.3) is 0 Å². The molecular weight excluding hydrogens is 156 g/mol. The van der Waals surface area contributed by atoms with Gasteiger partial charge in [-0.05, 0) is 36.5 Å². The summed E-state index contributed by atoms with van der Waals surface area (Å²) in [5.74, 6) is 0. The van der Waals surface area contributed by atoms with Gasteiger partial charge in [-0.2, -0.15) is 0 Å². The molecule has 0 aliphatic heterocycles. The van der Waals surface area contributed by atoms with Crippen LogP contribution in [0.15, 0.2) is 23.8 Å². The van der Waals surface area contributed by atoms with Crippen LogP contribution in [0.1, 0.15) is 46.5 Å². The smallest absolute Gasteiger partial charge is 0.00276 e. The van der Waals surface area contributed by atoms with Crippen LogP contribution in [0.3, 0.4) is 0 Å². The predicted octanol–water partition coefficient (Wildman–Crippen LogP) is 4.09. The van der Waals surface area contributed by atoms with E-state index in [1.165, 1.54) is 25.7 Å². The molecule has 72 valence electrons. The Bertz CT molecular complexity index is 268. The van der Waals surface area contributed by atoms with E-state index in [0.717, 1.165) is 0 Å². The minimum atomic E-state index is 0.444. The van der Waals surface area contributed by atoms with E-state index in [0.29, 0.717) is 10.8 Å². The van der Waals surface area contributed by atoms with E-state index in [1.807, 2.05) is 0 Å². The minimum Gasteiger partial charge on any atom is -0.0837 e. The number of hydrogen-bond donors (Lipinski definition) is 0. The van der Waals surface area contributed by atoms with Crippen LogP contribution in [-0.4, -0.2) is 0 Å². The average molecular weight is 176 g/mol. The molecule has 2 aliphatic rings. The second-order valence-corrected chi connectivity index (χ2v) is 5.39. The highest BCUT2D eigenvalue weighted by molar-refractivity contribution is 5.29. The van der Waals surface area contributed by atoms with Gasteiger partial charge in [-0.1, -0.05) is 44.6 Å². The molecular formula is C13H20. The summed E-state index contributed by atoms with van der Waals surface area (Å²) in [6.45, 7) is 7.31. The largest absolute Gasteiger partial charge is 0.0837 e. The van der Waals surface area contributed by atoms with Gasteiger partial charge in [0.05, 0.1) is 0 Å².